The van der Waals surface area contributed by atoms with Crippen LogP contribution >= 0.6 is 0 Å². The van der Waals surface area contributed by atoms with E-state index in [0.717, 1.165) is 11.1 Å². The van der Waals surface area contributed by atoms with Gasteiger partial charge in [0.1, 0.15) is 5.82 Å². The summed E-state index contributed by atoms with van der Waals surface area (Å²) in [5, 5.41) is 23.5. The number of nitrogens with one attached hydrogen (secondary N) is 1. The maximum absolute atomic E-state index is 14.9. The van der Waals surface area contributed by atoms with Crippen molar-refractivity contribution in [3.63, 3.8) is 0 Å². The molecule has 188 valence electrons. The van der Waals surface area contributed by atoms with Crippen molar-refractivity contribution >= 4 is 23.2 Å². The predicted octanol–water partition coefficient (Wildman–Crippen LogP) is 1.65. The fraction of sp³-hybridized carbons (Fsp3) is 0.600. The molecule has 33 heavy (non-hydrogen) atoms. The number of aryl methyl sites for hydroxylation is 1. The van der Waals surface area contributed by atoms with Crippen LogP contribution in [-0.4, -0.2) is 85.7 Å². The second kappa shape index (κ2) is 12.6. The van der Waals surface area contributed by atoms with Crippen molar-refractivity contribution in [2.45, 2.75) is 32.3 Å². The maximum atomic E-state index is 14.9. The summed E-state index contributed by atoms with van der Waals surface area (Å²) in [6.07, 6.45) is -4.49. The van der Waals surface area contributed by atoms with E-state index in [4.69, 9.17) is 4.84 Å². The number of aliphatic hydroxyl groups is 1. The van der Waals surface area contributed by atoms with Crippen LogP contribution in [0.5, 0.6) is 0 Å². The zero-order valence-electron chi connectivity index (χ0n) is 18.1. The highest BCUT2D eigenvalue weighted by atomic mass is 19.3. The standard InChI is InChI=1S/C20H28F4N4O5.H2/c1-13-9-14(27(32)12-15(29)11-25-20(31)19(23)24)10-16(22)18(13)26-5-6-28(33-8-7-26)17(30)3-2-4-21;/h9-10,15,19,29,32H,2-8,11-12H2,1H3,(H,25,31);1H/t15-;/m0./s1. The van der Waals surface area contributed by atoms with Gasteiger partial charge in [0.2, 0.25) is 5.91 Å². The molecule has 13 heteroatoms. The van der Waals surface area contributed by atoms with Crippen LogP contribution in [0.15, 0.2) is 12.1 Å². The van der Waals surface area contributed by atoms with Crippen molar-refractivity contribution in [2.75, 3.05) is 56.0 Å². The first-order chi connectivity index (χ1) is 15.6. The average molecular weight is 482 g/mol. The minimum atomic E-state index is -3.23. The van der Waals surface area contributed by atoms with Crippen molar-refractivity contribution in [1.82, 2.24) is 10.4 Å². The first-order valence-electron chi connectivity index (χ1n) is 10.4. The molecule has 1 heterocycles. The lowest BCUT2D eigenvalue weighted by atomic mass is 10.1. The van der Waals surface area contributed by atoms with Gasteiger partial charge in [-0.3, -0.25) is 29.1 Å². The van der Waals surface area contributed by atoms with E-state index >= 15 is 0 Å². The minimum absolute atomic E-state index is 0. The van der Waals surface area contributed by atoms with Gasteiger partial charge in [0.15, 0.2) is 0 Å². The minimum Gasteiger partial charge on any atom is -0.389 e. The van der Waals surface area contributed by atoms with Gasteiger partial charge in [0.05, 0.1) is 43.8 Å². The third kappa shape index (κ3) is 7.72. The number of carbonyl (C=O) groups is 2. The Morgan fingerprint density at radius 2 is 2.03 bits per heavy atom. The molecule has 2 rings (SSSR count). The quantitative estimate of drug-likeness (QED) is 0.344. The molecule has 1 fully saturated rings. The molecule has 0 aliphatic carbocycles. The molecule has 1 aromatic carbocycles. The van der Waals surface area contributed by atoms with E-state index in [1.54, 1.807) is 11.8 Å². The van der Waals surface area contributed by atoms with Crippen LogP contribution < -0.4 is 15.3 Å². The van der Waals surface area contributed by atoms with E-state index in [9.17, 15) is 37.5 Å². The summed E-state index contributed by atoms with van der Waals surface area (Å²) in [6.45, 7) is 0.859. The lowest BCUT2D eigenvalue weighted by Gasteiger charge is -2.27. The molecule has 9 nitrogen and oxygen atoms in total. The number of hydroxylamine groups is 3. The summed E-state index contributed by atoms with van der Waals surface area (Å²) in [5.74, 6) is -2.56. The Morgan fingerprint density at radius 3 is 2.67 bits per heavy atom. The Hall–Kier alpha value is -2.64. The second-order valence-corrected chi connectivity index (χ2v) is 7.48. The average Bonchev–Trinajstić information content (AvgIpc) is 3.01. The largest absolute Gasteiger partial charge is 0.389 e. The Balaban J connectivity index is 0.00000578. The topological polar surface area (TPSA) is 106 Å². The maximum Gasteiger partial charge on any atom is 0.315 e. The van der Waals surface area contributed by atoms with Gasteiger partial charge >= 0.3 is 6.43 Å². The molecular formula is C20H30F4N4O5. The van der Waals surface area contributed by atoms with Crippen LogP contribution in [0.3, 0.4) is 0 Å². The summed E-state index contributed by atoms with van der Waals surface area (Å²) in [4.78, 5) is 30.0. The Morgan fingerprint density at radius 1 is 1.30 bits per heavy atom. The van der Waals surface area contributed by atoms with Crippen LogP contribution in [0, 0.1) is 12.7 Å². The van der Waals surface area contributed by atoms with Gasteiger partial charge in [-0.05, 0) is 25.0 Å². The molecule has 0 bridgehead atoms. The van der Waals surface area contributed by atoms with E-state index in [1.807, 2.05) is 5.32 Å². The van der Waals surface area contributed by atoms with Gasteiger partial charge < -0.3 is 15.3 Å². The van der Waals surface area contributed by atoms with Gasteiger partial charge in [0, 0.05) is 33.5 Å². The summed E-state index contributed by atoms with van der Waals surface area (Å²) in [5.41, 5.74) is 0.724. The highest BCUT2D eigenvalue weighted by Crippen LogP contribution is 2.30. The molecule has 1 saturated heterocycles. The molecule has 0 saturated carbocycles. The van der Waals surface area contributed by atoms with Gasteiger partial charge in [-0.1, -0.05) is 0 Å². The molecular weight excluding hydrogens is 452 g/mol. The van der Waals surface area contributed by atoms with Gasteiger partial charge in [-0.15, -0.1) is 0 Å². The number of carbonyl (C=O) groups excluding carboxylic acids is 2. The number of benzene rings is 1. The number of nitrogens with zero attached hydrogens (tertiary/aromatic N) is 3. The number of aliphatic hydroxyl groups excluding tert-OH is 1. The van der Waals surface area contributed by atoms with Crippen LogP contribution in [0.2, 0.25) is 0 Å². The first kappa shape index (κ1) is 26.6. The van der Waals surface area contributed by atoms with Crippen LogP contribution in [-0.2, 0) is 14.4 Å². The summed E-state index contributed by atoms with van der Waals surface area (Å²) >= 11 is 0. The van der Waals surface area contributed by atoms with Crippen molar-refractivity contribution in [3.8, 4) is 0 Å². The molecule has 0 radical (unpaired) electrons. The number of hydrogen-bond donors (Lipinski definition) is 3. The fourth-order valence-corrected chi connectivity index (χ4v) is 3.35. The lowest BCUT2D eigenvalue weighted by molar-refractivity contribution is -0.182. The molecule has 1 aliphatic rings. The number of halogens is 4. The lowest BCUT2D eigenvalue weighted by Crippen LogP contribution is -2.41. The molecule has 1 aromatic rings. The van der Waals surface area contributed by atoms with E-state index in [2.05, 4.69) is 0 Å². The predicted molar refractivity (Wildman–Crippen MR) is 112 cm³/mol. The number of hydrogen-bond acceptors (Lipinski definition) is 7. The van der Waals surface area contributed by atoms with Gasteiger partial charge in [-0.2, -0.15) is 8.78 Å². The van der Waals surface area contributed by atoms with Crippen LogP contribution in [0.1, 0.15) is 19.8 Å². The molecule has 3 N–H and O–H groups in total. The first-order valence-corrected chi connectivity index (χ1v) is 10.4. The highest BCUT2D eigenvalue weighted by molar-refractivity contribution is 5.79. The van der Waals surface area contributed by atoms with Crippen molar-refractivity contribution in [1.29, 1.82) is 0 Å². The summed E-state index contributed by atoms with van der Waals surface area (Å²) < 4.78 is 51.6. The van der Waals surface area contributed by atoms with Gasteiger partial charge in [0.25, 0.3) is 5.91 Å². The smallest absolute Gasteiger partial charge is 0.315 e. The second-order valence-electron chi connectivity index (χ2n) is 7.48. The molecule has 1 aliphatic heterocycles. The Labute approximate surface area is 189 Å². The van der Waals surface area contributed by atoms with Crippen LogP contribution in [0.25, 0.3) is 0 Å². The number of rotatable bonds is 10. The zero-order valence-corrected chi connectivity index (χ0v) is 18.1. The van der Waals surface area contributed by atoms with Crippen molar-refractivity contribution in [3.05, 3.63) is 23.5 Å². The van der Waals surface area contributed by atoms with E-state index in [1.165, 1.54) is 6.07 Å². The third-order valence-electron chi connectivity index (χ3n) is 4.93. The fourth-order valence-electron chi connectivity index (χ4n) is 3.35. The Bertz CT molecular complexity index is 800. The SMILES string of the molecule is Cc1cc(N(O)C[C@@H](O)CNC(=O)C(F)F)cc(F)c1N1CCON(C(=O)CCCF)CC1.[HH]. The van der Waals surface area contributed by atoms with Crippen molar-refractivity contribution in [2.24, 2.45) is 0 Å². The van der Waals surface area contributed by atoms with E-state index in [-0.39, 0.29) is 57.8 Å². The molecule has 1 atom stereocenters. The monoisotopic (exact) mass is 482 g/mol. The van der Waals surface area contributed by atoms with E-state index < -0.39 is 44.0 Å². The number of alkyl halides is 3. The highest BCUT2D eigenvalue weighted by Gasteiger charge is 2.24. The molecule has 0 spiro atoms. The molecule has 0 unspecified atom stereocenters. The normalized spacial score (nSPS) is 15.4. The summed E-state index contributed by atoms with van der Waals surface area (Å²) in [7, 11) is 0. The third-order valence-corrected chi connectivity index (χ3v) is 4.93. The van der Waals surface area contributed by atoms with E-state index in [0.29, 0.717) is 10.6 Å². The molecule has 2 amide bonds. The van der Waals surface area contributed by atoms with Gasteiger partial charge in [-0.25, -0.2) is 9.45 Å². The Kier molecular flexibility index (Phi) is 10.1. The number of amides is 2. The summed E-state index contributed by atoms with van der Waals surface area (Å²) in [6, 6.07) is 2.52. The zero-order chi connectivity index (χ0) is 24.5. The number of anilines is 2. The van der Waals surface area contributed by atoms with Crippen LogP contribution in [0.4, 0.5) is 28.9 Å². The van der Waals surface area contributed by atoms with Crippen molar-refractivity contribution < 1.29 is 43.7 Å². The molecule has 0 aromatic heterocycles.